The van der Waals surface area contributed by atoms with Gasteiger partial charge < -0.3 is 20.1 Å². The molecule has 2 aromatic carbocycles. The van der Waals surface area contributed by atoms with E-state index in [1.165, 1.54) is 7.11 Å². The second-order valence-corrected chi connectivity index (χ2v) is 6.94. The van der Waals surface area contributed by atoms with Crippen molar-refractivity contribution in [1.82, 2.24) is 10.9 Å². The average molecular weight is 353 g/mol. The van der Waals surface area contributed by atoms with Crippen LogP contribution < -0.4 is 15.6 Å². The van der Waals surface area contributed by atoms with Crippen molar-refractivity contribution in [1.29, 1.82) is 0 Å². The number of hydrogen-bond acceptors (Lipinski definition) is 6. The van der Waals surface area contributed by atoms with Crippen LogP contribution in [0.4, 0.5) is 0 Å². The van der Waals surface area contributed by atoms with E-state index in [1.807, 2.05) is 42.5 Å². The zero-order valence-electron chi connectivity index (χ0n) is 15.3. The molecule has 1 heterocycles. The largest absolute Gasteiger partial charge is 0.462 e. The van der Waals surface area contributed by atoms with E-state index in [2.05, 4.69) is 29.9 Å². The molecule has 1 aliphatic heterocycles. The zero-order chi connectivity index (χ0) is 18.5. The topological polar surface area (TPSA) is 75.1 Å². The van der Waals surface area contributed by atoms with E-state index >= 15 is 0 Å². The Morgan fingerprint density at radius 2 is 1.92 bits per heavy atom. The van der Waals surface area contributed by atoms with E-state index in [4.69, 9.17) is 9.57 Å². The van der Waals surface area contributed by atoms with Crippen LogP contribution in [0.3, 0.4) is 0 Å². The molecule has 1 aliphatic carbocycles. The fourth-order valence-corrected chi connectivity index (χ4v) is 3.99. The van der Waals surface area contributed by atoms with Gasteiger partial charge in [0.1, 0.15) is 11.5 Å². The van der Waals surface area contributed by atoms with Crippen molar-refractivity contribution in [2.45, 2.75) is 31.1 Å². The van der Waals surface area contributed by atoms with Crippen LogP contribution in [-0.4, -0.2) is 25.0 Å². The van der Waals surface area contributed by atoms with Gasteiger partial charge in [-0.25, -0.2) is 0 Å². The Labute approximate surface area is 152 Å². The fraction of sp³-hybridized carbons (Fsp3) is 0.350. The maximum atomic E-state index is 12.0. The summed E-state index contributed by atoms with van der Waals surface area (Å²) < 4.78 is 6.36. The molecule has 6 heteroatoms. The highest BCUT2D eigenvalue weighted by Gasteiger charge is 2.69. The maximum Gasteiger partial charge on any atom is 0.247 e. The Bertz CT molecular complexity index is 896. The number of rotatable bonds is 4. The van der Waals surface area contributed by atoms with Gasteiger partial charge in [-0.2, -0.15) is 10.6 Å². The van der Waals surface area contributed by atoms with Crippen molar-refractivity contribution in [3.05, 3.63) is 64.7 Å². The molecular weight excluding hydrogens is 330 g/mol. The van der Waals surface area contributed by atoms with Crippen LogP contribution in [0.25, 0.3) is 0 Å². The van der Waals surface area contributed by atoms with Crippen LogP contribution in [0.1, 0.15) is 42.0 Å². The van der Waals surface area contributed by atoms with Gasteiger partial charge in [-0.1, -0.05) is 50.2 Å². The first-order valence-corrected chi connectivity index (χ1v) is 8.70. The van der Waals surface area contributed by atoms with Crippen molar-refractivity contribution in [2.75, 3.05) is 14.2 Å². The lowest BCUT2D eigenvalue weighted by Gasteiger charge is -2.35. The molecule has 0 saturated carbocycles. The molecule has 0 radical (unpaired) electrons. The number of nitrogens with zero attached hydrogens (tertiary/aromatic N) is 1. The van der Waals surface area contributed by atoms with Gasteiger partial charge in [-0.15, -0.1) is 0 Å². The second kappa shape index (κ2) is 5.81. The summed E-state index contributed by atoms with van der Waals surface area (Å²) in [6, 6.07) is 13.6. The number of hydroxylamine groups is 1. The Hall–Kier alpha value is -2.41. The summed E-state index contributed by atoms with van der Waals surface area (Å²) in [5, 5.41) is 16.4. The summed E-state index contributed by atoms with van der Waals surface area (Å²) in [5.74, 6) is 0.976. The number of aliphatic hydroxyl groups is 1. The van der Waals surface area contributed by atoms with Crippen molar-refractivity contribution < 1.29 is 14.7 Å². The predicted molar refractivity (Wildman–Crippen MR) is 98.9 cm³/mol. The maximum absolute atomic E-state index is 12.0. The monoisotopic (exact) mass is 353 g/mol. The molecule has 2 atom stereocenters. The molecular formula is C20H23N3O3. The molecule has 0 aromatic heterocycles. The third-order valence-electron chi connectivity index (χ3n) is 5.21. The molecule has 26 heavy (non-hydrogen) atoms. The highest BCUT2D eigenvalue weighted by Crippen LogP contribution is 2.58. The van der Waals surface area contributed by atoms with Crippen molar-refractivity contribution >= 4 is 5.71 Å². The van der Waals surface area contributed by atoms with Gasteiger partial charge in [0.15, 0.2) is 5.60 Å². The molecule has 2 aromatic rings. The SMILES string of the molecule is CN/N=C1/c2ccccc2C2(NOC)Oc3cc(C(C)C)ccc3C12O. The summed E-state index contributed by atoms with van der Waals surface area (Å²) in [4.78, 5) is 5.28. The van der Waals surface area contributed by atoms with Crippen molar-refractivity contribution in [3.63, 3.8) is 0 Å². The summed E-state index contributed by atoms with van der Waals surface area (Å²) >= 11 is 0. The third-order valence-corrected chi connectivity index (χ3v) is 5.21. The van der Waals surface area contributed by atoms with Gasteiger partial charge >= 0.3 is 0 Å². The molecule has 3 N–H and O–H groups in total. The first-order chi connectivity index (χ1) is 12.5. The van der Waals surface area contributed by atoms with Crippen LogP contribution >= 0.6 is 0 Å². The minimum absolute atomic E-state index is 0.350. The van der Waals surface area contributed by atoms with E-state index in [0.29, 0.717) is 22.9 Å². The predicted octanol–water partition coefficient (Wildman–Crippen LogP) is 2.33. The minimum atomic E-state index is -1.53. The highest BCUT2D eigenvalue weighted by molar-refractivity contribution is 6.13. The lowest BCUT2D eigenvalue weighted by atomic mass is 9.84. The highest BCUT2D eigenvalue weighted by atomic mass is 16.7. The van der Waals surface area contributed by atoms with Gasteiger partial charge in [0.25, 0.3) is 0 Å². The number of nitrogens with one attached hydrogen (secondary N) is 2. The normalized spacial score (nSPS) is 27.2. The number of benzene rings is 2. The molecule has 4 rings (SSSR count). The van der Waals surface area contributed by atoms with Crippen LogP contribution in [0, 0.1) is 0 Å². The van der Waals surface area contributed by atoms with Gasteiger partial charge in [-0.3, -0.25) is 0 Å². The van der Waals surface area contributed by atoms with E-state index < -0.39 is 11.3 Å². The summed E-state index contributed by atoms with van der Waals surface area (Å²) in [5.41, 5.74) is 6.79. The molecule has 0 amide bonds. The van der Waals surface area contributed by atoms with Crippen LogP contribution in [0.5, 0.6) is 5.75 Å². The Morgan fingerprint density at radius 3 is 2.62 bits per heavy atom. The van der Waals surface area contributed by atoms with Gasteiger partial charge in [0.2, 0.25) is 5.72 Å². The molecule has 2 aliphatic rings. The van der Waals surface area contributed by atoms with Crippen molar-refractivity contribution in [3.8, 4) is 5.75 Å². The molecule has 0 saturated heterocycles. The Kier molecular flexibility index (Phi) is 3.80. The lowest BCUT2D eigenvalue weighted by molar-refractivity contribution is -0.167. The smallest absolute Gasteiger partial charge is 0.247 e. The summed E-state index contributed by atoms with van der Waals surface area (Å²) in [6.45, 7) is 4.25. The van der Waals surface area contributed by atoms with Crippen molar-refractivity contribution in [2.24, 2.45) is 5.10 Å². The van der Waals surface area contributed by atoms with E-state index in [1.54, 1.807) is 7.05 Å². The quantitative estimate of drug-likeness (QED) is 0.736. The molecule has 6 nitrogen and oxygen atoms in total. The first-order valence-electron chi connectivity index (χ1n) is 8.70. The summed E-state index contributed by atoms with van der Waals surface area (Å²) in [6.07, 6.45) is 0. The Balaban J connectivity index is 2.02. The lowest BCUT2D eigenvalue weighted by Crippen LogP contribution is -2.58. The average Bonchev–Trinajstić information content (AvgIpc) is 2.99. The number of ether oxygens (including phenoxy) is 1. The van der Waals surface area contributed by atoms with E-state index in [9.17, 15) is 5.11 Å². The second-order valence-electron chi connectivity index (χ2n) is 6.94. The standard InChI is InChI=1S/C20H23N3O3/c1-12(2)13-9-10-16-17(11-13)26-20(23-25-4)15-8-6-5-7-14(15)18(22-21-3)19(16,20)24/h5-12,21,23-24H,1-4H3/b22-18-. The molecule has 0 fully saturated rings. The minimum Gasteiger partial charge on any atom is -0.462 e. The zero-order valence-corrected chi connectivity index (χ0v) is 15.3. The van der Waals surface area contributed by atoms with Crippen LogP contribution in [0.2, 0.25) is 0 Å². The van der Waals surface area contributed by atoms with Crippen LogP contribution in [-0.2, 0) is 16.2 Å². The first kappa shape index (κ1) is 17.0. The van der Waals surface area contributed by atoms with Gasteiger partial charge in [-0.05, 0) is 17.5 Å². The van der Waals surface area contributed by atoms with E-state index in [-0.39, 0.29) is 0 Å². The van der Waals surface area contributed by atoms with Gasteiger partial charge in [0.05, 0.1) is 7.11 Å². The van der Waals surface area contributed by atoms with Crippen LogP contribution in [0.15, 0.2) is 47.6 Å². The molecule has 136 valence electrons. The molecule has 0 bridgehead atoms. The van der Waals surface area contributed by atoms with E-state index in [0.717, 1.165) is 16.7 Å². The third kappa shape index (κ3) is 1.95. The number of hydrogen-bond donors (Lipinski definition) is 3. The van der Waals surface area contributed by atoms with Gasteiger partial charge in [0, 0.05) is 23.7 Å². The number of hydrazone groups is 1. The molecule has 0 spiro atoms. The fourth-order valence-electron chi connectivity index (χ4n) is 3.99. The number of fused-ring (bicyclic) bond motifs is 5. The Morgan fingerprint density at radius 1 is 1.15 bits per heavy atom. The summed E-state index contributed by atoms with van der Waals surface area (Å²) in [7, 11) is 3.22. The molecule has 2 unspecified atom stereocenters.